The van der Waals surface area contributed by atoms with Gasteiger partial charge in [-0.2, -0.15) is 0 Å². The van der Waals surface area contributed by atoms with Gasteiger partial charge in [-0.3, -0.25) is 4.79 Å². The number of ketones is 1. The SMILES string of the molecule is COC(=O)c1cc(C(=O)CCCl)ccc1Br. The van der Waals surface area contributed by atoms with E-state index in [9.17, 15) is 9.59 Å². The van der Waals surface area contributed by atoms with Crippen LogP contribution in [-0.4, -0.2) is 24.7 Å². The third kappa shape index (κ3) is 3.06. The monoisotopic (exact) mass is 304 g/mol. The van der Waals surface area contributed by atoms with Gasteiger partial charge in [0.15, 0.2) is 5.78 Å². The highest BCUT2D eigenvalue weighted by molar-refractivity contribution is 9.10. The Morgan fingerprint density at radius 2 is 2.12 bits per heavy atom. The first-order valence-electron chi connectivity index (χ1n) is 4.57. The number of alkyl halides is 1. The normalized spacial score (nSPS) is 9.94. The van der Waals surface area contributed by atoms with Crippen LogP contribution in [0.5, 0.6) is 0 Å². The third-order valence-corrected chi connectivity index (χ3v) is 2.90. The smallest absolute Gasteiger partial charge is 0.339 e. The number of halogens is 2. The Kier molecular flexibility index (Phi) is 4.96. The quantitative estimate of drug-likeness (QED) is 0.488. The van der Waals surface area contributed by atoms with E-state index in [0.717, 1.165) is 0 Å². The van der Waals surface area contributed by atoms with E-state index in [1.807, 2.05) is 0 Å². The van der Waals surface area contributed by atoms with Crippen LogP contribution in [0.4, 0.5) is 0 Å². The van der Waals surface area contributed by atoms with Gasteiger partial charge in [0.1, 0.15) is 0 Å². The number of carbonyl (C=O) groups excluding carboxylic acids is 2. The predicted octanol–water partition coefficient (Wildman–Crippen LogP) is 3.05. The number of hydrogen-bond acceptors (Lipinski definition) is 3. The summed E-state index contributed by atoms with van der Waals surface area (Å²) in [5.41, 5.74) is 0.798. The van der Waals surface area contributed by atoms with Crippen molar-refractivity contribution < 1.29 is 14.3 Å². The van der Waals surface area contributed by atoms with Gasteiger partial charge in [-0.05, 0) is 28.1 Å². The molecular weight excluding hydrogens is 295 g/mol. The van der Waals surface area contributed by atoms with E-state index in [1.54, 1.807) is 12.1 Å². The molecule has 0 bridgehead atoms. The minimum Gasteiger partial charge on any atom is -0.465 e. The van der Waals surface area contributed by atoms with E-state index in [2.05, 4.69) is 20.7 Å². The third-order valence-electron chi connectivity index (χ3n) is 2.02. The highest BCUT2D eigenvalue weighted by Gasteiger charge is 2.13. The summed E-state index contributed by atoms with van der Waals surface area (Å²) in [7, 11) is 1.29. The zero-order valence-corrected chi connectivity index (χ0v) is 11.0. The summed E-state index contributed by atoms with van der Waals surface area (Å²) < 4.78 is 5.20. The number of carbonyl (C=O) groups is 2. The van der Waals surface area contributed by atoms with Crippen LogP contribution >= 0.6 is 27.5 Å². The molecule has 0 radical (unpaired) electrons. The molecule has 3 nitrogen and oxygen atoms in total. The van der Waals surface area contributed by atoms with Crippen LogP contribution < -0.4 is 0 Å². The molecule has 1 aromatic rings. The largest absolute Gasteiger partial charge is 0.465 e. The molecule has 0 atom stereocenters. The summed E-state index contributed by atoms with van der Waals surface area (Å²) in [6, 6.07) is 4.80. The van der Waals surface area contributed by atoms with Gasteiger partial charge in [0.2, 0.25) is 0 Å². The molecule has 0 spiro atoms. The van der Waals surface area contributed by atoms with Crippen molar-refractivity contribution >= 4 is 39.3 Å². The molecule has 86 valence electrons. The summed E-state index contributed by atoms with van der Waals surface area (Å²) in [4.78, 5) is 22.9. The van der Waals surface area contributed by atoms with Crippen molar-refractivity contribution in [3.05, 3.63) is 33.8 Å². The summed E-state index contributed by atoms with van der Waals surface area (Å²) in [5, 5.41) is 0. The zero-order chi connectivity index (χ0) is 12.1. The highest BCUT2D eigenvalue weighted by Crippen LogP contribution is 2.20. The summed E-state index contributed by atoms with van der Waals surface area (Å²) in [5.74, 6) is -0.303. The van der Waals surface area contributed by atoms with Crippen molar-refractivity contribution in [1.29, 1.82) is 0 Å². The van der Waals surface area contributed by atoms with Crippen LogP contribution in [0.3, 0.4) is 0 Å². The van der Waals surface area contributed by atoms with Crippen molar-refractivity contribution in [3.8, 4) is 0 Å². The van der Waals surface area contributed by atoms with Crippen molar-refractivity contribution in [2.75, 3.05) is 13.0 Å². The highest BCUT2D eigenvalue weighted by atomic mass is 79.9. The van der Waals surface area contributed by atoms with Gasteiger partial charge in [0, 0.05) is 22.3 Å². The minimum absolute atomic E-state index is 0.0901. The molecule has 0 aliphatic carbocycles. The maximum atomic E-state index is 11.6. The van der Waals surface area contributed by atoms with Gasteiger partial charge < -0.3 is 4.74 Å². The average molecular weight is 306 g/mol. The van der Waals surface area contributed by atoms with Gasteiger partial charge in [-0.15, -0.1) is 11.6 Å². The van der Waals surface area contributed by atoms with Gasteiger partial charge >= 0.3 is 5.97 Å². The van der Waals surface area contributed by atoms with Crippen LogP contribution in [0.25, 0.3) is 0 Å². The molecule has 0 amide bonds. The Bertz CT molecular complexity index is 418. The Hall–Kier alpha value is -0.870. The predicted molar refractivity (Wildman–Crippen MR) is 65.1 cm³/mol. The lowest BCUT2D eigenvalue weighted by molar-refractivity contribution is 0.0599. The molecule has 0 saturated carbocycles. The Balaban J connectivity index is 3.07. The molecule has 16 heavy (non-hydrogen) atoms. The van der Waals surface area contributed by atoms with Crippen LogP contribution in [-0.2, 0) is 4.74 Å². The summed E-state index contributed by atoms with van der Waals surface area (Å²) in [6.07, 6.45) is 0.254. The van der Waals surface area contributed by atoms with Gasteiger partial charge in [0.05, 0.1) is 12.7 Å². The molecule has 0 aliphatic rings. The van der Waals surface area contributed by atoms with E-state index in [4.69, 9.17) is 11.6 Å². The Morgan fingerprint density at radius 3 is 2.69 bits per heavy atom. The Labute approximate surface area is 107 Å². The number of benzene rings is 1. The Morgan fingerprint density at radius 1 is 1.44 bits per heavy atom. The number of methoxy groups -OCH3 is 1. The average Bonchev–Trinajstić information content (AvgIpc) is 2.29. The molecule has 5 heteroatoms. The molecule has 1 aromatic carbocycles. The van der Waals surface area contributed by atoms with Crippen molar-refractivity contribution in [2.45, 2.75) is 6.42 Å². The maximum absolute atomic E-state index is 11.6. The number of hydrogen-bond donors (Lipinski definition) is 0. The standard InChI is InChI=1S/C11H10BrClO3/c1-16-11(15)8-6-7(2-3-9(8)12)10(14)4-5-13/h2-3,6H,4-5H2,1H3. The zero-order valence-electron chi connectivity index (χ0n) is 8.63. The fourth-order valence-corrected chi connectivity index (χ4v) is 1.78. The fraction of sp³-hybridized carbons (Fsp3) is 0.273. The molecular formula is C11H10BrClO3. The second-order valence-electron chi connectivity index (χ2n) is 3.05. The van der Waals surface area contributed by atoms with Gasteiger partial charge in [-0.1, -0.05) is 6.07 Å². The number of esters is 1. The van der Waals surface area contributed by atoms with E-state index in [-0.39, 0.29) is 18.1 Å². The van der Waals surface area contributed by atoms with Crippen LogP contribution in [0, 0.1) is 0 Å². The van der Waals surface area contributed by atoms with Gasteiger partial charge in [0.25, 0.3) is 0 Å². The van der Waals surface area contributed by atoms with Crippen LogP contribution in [0.2, 0.25) is 0 Å². The lowest BCUT2D eigenvalue weighted by Gasteiger charge is -2.05. The molecule has 1 rings (SSSR count). The molecule has 0 aromatic heterocycles. The van der Waals surface area contributed by atoms with Crippen molar-refractivity contribution in [3.63, 3.8) is 0 Å². The molecule has 0 aliphatic heterocycles. The summed E-state index contributed by atoms with van der Waals surface area (Å²) >= 11 is 8.71. The lowest BCUT2D eigenvalue weighted by atomic mass is 10.1. The first kappa shape index (κ1) is 13.2. The van der Waals surface area contributed by atoms with E-state index >= 15 is 0 Å². The van der Waals surface area contributed by atoms with E-state index in [1.165, 1.54) is 13.2 Å². The number of Topliss-reactive ketones (excluding diaryl/α,β-unsaturated/α-hetero) is 1. The van der Waals surface area contributed by atoms with Crippen LogP contribution in [0.15, 0.2) is 22.7 Å². The second-order valence-corrected chi connectivity index (χ2v) is 4.28. The first-order valence-corrected chi connectivity index (χ1v) is 5.90. The minimum atomic E-state index is -0.479. The topological polar surface area (TPSA) is 43.4 Å². The fourth-order valence-electron chi connectivity index (χ4n) is 1.20. The molecule has 0 fully saturated rings. The van der Waals surface area contributed by atoms with E-state index in [0.29, 0.717) is 15.6 Å². The molecule has 0 saturated heterocycles. The van der Waals surface area contributed by atoms with Crippen LogP contribution in [0.1, 0.15) is 27.1 Å². The second kappa shape index (κ2) is 6.01. The molecule has 0 N–H and O–H groups in total. The number of ether oxygens (including phenoxy) is 1. The number of rotatable bonds is 4. The van der Waals surface area contributed by atoms with E-state index < -0.39 is 5.97 Å². The van der Waals surface area contributed by atoms with Crippen molar-refractivity contribution in [2.24, 2.45) is 0 Å². The summed E-state index contributed by atoms with van der Waals surface area (Å²) in [6.45, 7) is 0. The van der Waals surface area contributed by atoms with Gasteiger partial charge in [-0.25, -0.2) is 4.79 Å². The maximum Gasteiger partial charge on any atom is 0.339 e. The molecule has 0 unspecified atom stereocenters. The molecule has 0 heterocycles. The lowest BCUT2D eigenvalue weighted by Crippen LogP contribution is -2.06. The first-order chi connectivity index (χ1) is 7.60. The van der Waals surface area contributed by atoms with Crippen molar-refractivity contribution in [1.82, 2.24) is 0 Å².